The first-order chi connectivity index (χ1) is 7.99. The number of aryl methyl sites for hydroxylation is 1. The van der Waals surface area contributed by atoms with Crippen LogP contribution >= 0.6 is 11.3 Å². The van der Waals surface area contributed by atoms with Gasteiger partial charge in [0.05, 0.1) is 11.6 Å². The molecular formula is C12H20N4S. The minimum Gasteiger partial charge on any atom is -0.370 e. The maximum absolute atomic E-state index is 5.73. The van der Waals surface area contributed by atoms with Gasteiger partial charge in [0, 0.05) is 23.5 Å². The Kier molecular flexibility index (Phi) is 5.15. The van der Waals surface area contributed by atoms with Crippen LogP contribution in [0.15, 0.2) is 22.5 Å². The molecule has 0 saturated heterocycles. The second-order valence-corrected chi connectivity index (χ2v) is 5.15. The van der Waals surface area contributed by atoms with Crippen molar-refractivity contribution in [1.29, 1.82) is 0 Å². The number of rotatable bonds is 5. The van der Waals surface area contributed by atoms with E-state index in [-0.39, 0.29) is 0 Å². The van der Waals surface area contributed by atoms with Crippen LogP contribution in [0.1, 0.15) is 30.5 Å². The molecule has 0 aromatic carbocycles. The number of aliphatic imine (C=N–C) groups is 1. The first kappa shape index (κ1) is 13.7. The summed E-state index contributed by atoms with van der Waals surface area (Å²) in [6.07, 6.45) is 0. The molecule has 0 saturated carbocycles. The molecule has 0 fully saturated rings. The highest BCUT2D eigenvalue weighted by atomic mass is 32.1. The molecule has 0 aliphatic heterocycles. The van der Waals surface area contributed by atoms with Crippen LogP contribution in [0.5, 0.6) is 0 Å². The number of nitrogens with one attached hydrogen (secondary N) is 1. The molecule has 0 bridgehead atoms. The largest absolute Gasteiger partial charge is 0.370 e. The Hall–Kier alpha value is -1.36. The van der Waals surface area contributed by atoms with Gasteiger partial charge in [0.15, 0.2) is 5.96 Å². The fraction of sp³-hybridized carbons (Fsp3) is 0.500. The average molecular weight is 252 g/mol. The lowest BCUT2D eigenvalue weighted by molar-refractivity contribution is 0.757. The quantitative estimate of drug-likeness (QED) is 0.479. The summed E-state index contributed by atoms with van der Waals surface area (Å²) >= 11 is 1.67. The van der Waals surface area contributed by atoms with Gasteiger partial charge in [-0.05, 0) is 13.8 Å². The molecule has 0 aliphatic rings. The first-order valence-corrected chi connectivity index (χ1v) is 6.47. The van der Waals surface area contributed by atoms with Gasteiger partial charge in [-0.3, -0.25) is 4.99 Å². The van der Waals surface area contributed by atoms with E-state index < -0.39 is 0 Å². The van der Waals surface area contributed by atoms with Crippen molar-refractivity contribution >= 4 is 17.3 Å². The topological polar surface area (TPSA) is 63.3 Å². The van der Waals surface area contributed by atoms with Crippen LogP contribution in [-0.4, -0.2) is 24.0 Å². The lowest BCUT2D eigenvalue weighted by Crippen LogP contribution is -2.33. The monoisotopic (exact) mass is 252 g/mol. The molecule has 0 radical (unpaired) electrons. The van der Waals surface area contributed by atoms with Crippen LogP contribution in [0.3, 0.4) is 0 Å². The lowest BCUT2D eigenvalue weighted by Gasteiger charge is -2.07. The van der Waals surface area contributed by atoms with Gasteiger partial charge in [-0.15, -0.1) is 11.3 Å². The molecule has 1 atom stereocenters. The molecule has 1 unspecified atom stereocenters. The van der Waals surface area contributed by atoms with Crippen LogP contribution < -0.4 is 11.1 Å². The Morgan fingerprint density at radius 3 is 2.94 bits per heavy atom. The fourth-order valence-corrected chi connectivity index (χ4v) is 2.06. The Morgan fingerprint density at radius 1 is 1.71 bits per heavy atom. The van der Waals surface area contributed by atoms with Crippen LogP contribution in [0.25, 0.3) is 0 Å². The zero-order valence-electron chi connectivity index (χ0n) is 10.7. The van der Waals surface area contributed by atoms with Crippen LogP contribution in [0.4, 0.5) is 0 Å². The molecule has 1 rings (SSSR count). The van der Waals surface area contributed by atoms with Crippen molar-refractivity contribution in [2.24, 2.45) is 10.7 Å². The molecule has 4 nitrogen and oxygen atoms in total. The normalized spacial score (nSPS) is 13.5. The van der Waals surface area contributed by atoms with Crippen molar-refractivity contribution in [3.05, 3.63) is 28.2 Å². The summed E-state index contributed by atoms with van der Waals surface area (Å²) in [5.41, 5.74) is 7.83. The third kappa shape index (κ3) is 4.99. The van der Waals surface area contributed by atoms with Crippen molar-refractivity contribution in [2.75, 3.05) is 13.1 Å². The molecule has 0 amide bonds. The van der Waals surface area contributed by atoms with Gasteiger partial charge in [0.25, 0.3) is 0 Å². The van der Waals surface area contributed by atoms with E-state index in [4.69, 9.17) is 5.73 Å². The molecule has 1 heterocycles. The van der Waals surface area contributed by atoms with Gasteiger partial charge in [-0.1, -0.05) is 19.1 Å². The standard InChI is InChI=1S/C12H20N4S/c1-8(2)5-14-12(13)15-6-9(3)11-16-10(4)7-17-11/h7,9H,1,5-6H2,2-4H3,(H3,13,14,15). The molecule has 3 N–H and O–H groups in total. The molecule has 1 aromatic heterocycles. The zero-order valence-corrected chi connectivity index (χ0v) is 11.5. The van der Waals surface area contributed by atoms with E-state index in [0.717, 1.165) is 16.3 Å². The molecule has 0 spiro atoms. The van der Waals surface area contributed by atoms with Crippen molar-refractivity contribution < 1.29 is 0 Å². The van der Waals surface area contributed by atoms with Crippen molar-refractivity contribution in [3.63, 3.8) is 0 Å². The Morgan fingerprint density at radius 2 is 2.41 bits per heavy atom. The molecule has 5 heteroatoms. The third-order valence-electron chi connectivity index (χ3n) is 2.17. The third-order valence-corrected chi connectivity index (χ3v) is 3.36. The van der Waals surface area contributed by atoms with E-state index in [0.29, 0.717) is 25.0 Å². The maximum Gasteiger partial charge on any atom is 0.188 e. The molecular weight excluding hydrogens is 232 g/mol. The van der Waals surface area contributed by atoms with Crippen molar-refractivity contribution in [2.45, 2.75) is 26.7 Å². The highest BCUT2D eigenvalue weighted by molar-refractivity contribution is 7.09. The maximum atomic E-state index is 5.73. The van der Waals surface area contributed by atoms with Crippen LogP contribution in [0, 0.1) is 6.92 Å². The summed E-state index contributed by atoms with van der Waals surface area (Å²) in [4.78, 5) is 8.73. The highest BCUT2D eigenvalue weighted by Crippen LogP contribution is 2.19. The summed E-state index contributed by atoms with van der Waals surface area (Å²) in [6, 6.07) is 0. The average Bonchev–Trinajstić information content (AvgIpc) is 2.70. The predicted octanol–water partition coefficient (Wildman–Crippen LogP) is 2.04. The van der Waals surface area contributed by atoms with Gasteiger partial charge in [0.1, 0.15) is 0 Å². The van der Waals surface area contributed by atoms with Crippen molar-refractivity contribution in [1.82, 2.24) is 10.3 Å². The second kappa shape index (κ2) is 6.39. The first-order valence-electron chi connectivity index (χ1n) is 5.59. The summed E-state index contributed by atoms with van der Waals surface area (Å²) in [6.45, 7) is 11.2. The molecule has 94 valence electrons. The summed E-state index contributed by atoms with van der Waals surface area (Å²) in [5, 5.41) is 6.17. The highest BCUT2D eigenvalue weighted by Gasteiger charge is 2.08. The number of nitrogens with two attached hydrogens (primary N) is 1. The van der Waals surface area contributed by atoms with Crippen LogP contribution in [-0.2, 0) is 0 Å². The number of nitrogens with zero attached hydrogens (tertiary/aromatic N) is 2. The van der Waals surface area contributed by atoms with Crippen LogP contribution in [0.2, 0.25) is 0 Å². The Labute approximate surface area is 107 Å². The van der Waals surface area contributed by atoms with E-state index in [1.54, 1.807) is 11.3 Å². The summed E-state index contributed by atoms with van der Waals surface area (Å²) in [7, 11) is 0. The Balaban J connectivity index is 2.43. The SMILES string of the molecule is C=C(C)CNC(N)=NCC(C)c1nc(C)cs1. The number of thiazole rings is 1. The summed E-state index contributed by atoms with van der Waals surface area (Å²) in [5.74, 6) is 0.770. The fourth-order valence-electron chi connectivity index (χ4n) is 1.21. The van der Waals surface area contributed by atoms with E-state index >= 15 is 0 Å². The van der Waals surface area contributed by atoms with Gasteiger partial charge in [-0.25, -0.2) is 4.98 Å². The zero-order chi connectivity index (χ0) is 12.8. The van der Waals surface area contributed by atoms with E-state index in [1.807, 2.05) is 13.8 Å². The number of aromatic nitrogens is 1. The molecule has 1 aromatic rings. The molecule has 0 aliphatic carbocycles. The number of hydrogen-bond acceptors (Lipinski definition) is 3. The van der Waals surface area contributed by atoms with Crippen molar-refractivity contribution in [3.8, 4) is 0 Å². The number of hydrogen-bond donors (Lipinski definition) is 2. The number of guanidine groups is 1. The van der Waals surface area contributed by atoms with Gasteiger partial charge < -0.3 is 11.1 Å². The summed E-state index contributed by atoms with van der Waals surface area (Å²) < 4.78 is 0. The minimum atomic E-state index is 0.305. The lowest BCUT2D eigenvalue weighted by atomic mass is 10.2. The smallest absolute Gasteiger partial charge is 0.188 e. The van der Waals surface area contributed by atoms with Gasteiger partial charge in [-0.2, -0.15) is 0 Å². The minimum absolute atomic E-state index is 0.305. The second-order valence-electron chi connectivity index (χ2n) is 4.26. The van der Waals surface area contributed by atoms with E-state index in [1.165, 1.54) is 0 Å². The Bertz CT molecular complexity index is 408. The predicted molar refractivity (Wildman–Crippen MR) is 74.6 cm³/mol. The van der Waals surface area contributed by atoms with E-state index in [2.05, 4.69) is 34.2 Å². The van der Waals surface area contributed by atoms with E-state index in [9.17, 15) is 0 Å². The van der Waals surface area contributed by atoms with Gasteiger partial charge in [0.2, 0.25) is 0 Å². The van der Waals surface area contributed by atoms with Gasteiger partial charge >= 0.3 is 0 Å². The molecule has 17 heavy (non-hydrogen) atoms.